The SMILES string of the molecule is Fc1ccccc1CO/N=C(\Cc1cccnc1)c1ccc(C#CC2CC2)cc1. The number of benzene rings is 2. The van der Waals surface area contributed by atoms with E-state index in [0.29, 0.717) is 17.9 Å². The zero-order chi connectivity index (χ0) is 19.9. The monoisotopic (exact) mass is 384 g/mol. The van der Waals surface area contributed by atoms with E-state index in [-0.39, 0.29) is 12.4 Å². The van der Waals surface area contributed by atoms with E-state index in [9.17, 15) is 4.39 Å². The van der Waals surface area contributed by atoms with Crippen LogP contribution >= 0.6 is 0 Å². The molecule has 1 aliphatic carbocycles. The van der Waals surface area contributed by atoms with E-state index in [2.05, 4.69) is 22.0 Å². The molecule has 144 valence electrons. The van der Waals surface area contributed by atoms with Gasteiger partial charge in [-0.2, -0.15) is 0 Å². The maximum Gasteiger partial charge on any atom is 0.145 e. The van der Waals surface area contributed by atoms with Crippen molar-refractivity contribution in [2.45, 2.75) is 25.9 Å². The lowest BCUT2D eigenvalue weighted by atomic mass is 10.0. The molecule has 1 saturated carbocycles. The van der Waals surface area contributed by atoms with Crippen molar-refractivity contribution in [2.24, 2.45) is 11.1 Å². The highest BCUT2D eigenvalue weighted by atomic mass is 19.1. The van der Waals surface area contributed by atoms with Gasteiger partial charge in [0.05, 0.1) is 5.71 Å². The van der Waals surface area contributed by atoms with Crippen LogP contribution in [-0.4, -0.2) is 10.7 Å². The minimum atomic E-state index is -0.296. The van der Waals surface area contributed by atoms with E-state index in [0.717, 1.165) is 22.4 Å². The van der Waals surface area contributed by atoms with Crippen molar-refractivity contribution >= 4 is 5.71 Å². The van der Waals surface area contributed by atoms with Crippen LogP contribution < -0.4 is 0 Å². The first-order chi connectivity index (χ1) is 14.3. The number of hydrogen-bond donors (Lipinski definition) is 0. The number of oxime groups is 1. The average molecular weight is 384 g/mol. The third-order valence-corrected chi connectivity index (χ3v) is 4.66. The van der Waals surface area contributed by atoms with Crippen LogP contribution in [0.3, 0.4) is 0 Å². The van der Waals surface area contributed by atoms with Gasteiger partial charge >= 0.3 is 0 Å². The summed E-state index contributed by atoms with van der Waals surface area (Å²) < 4.78 is 13.8. The van der Waals surface area contributed by atoms with E-state index >= 15 is 0 Å². The molecule has 0 saturated heterocycles. The number of halogens is 1. The molecule has 1 heterocycles. The molecule has 0 N–H and O–H groups in total. The smallest absolute Gasteiger partial charge is 0.145 e. The summed E-state index contributed by atoms with van der Waals surface area (Å²) in [4.78, 5) is 9.67. The van der Waals surface area contributed by atoms with Crippen LogP contribution in [0.2, 0.25) is 0 Å². The van der Waals surface area contributed by atoms with Crippen LogP contribution in [0.15, 0.2) is 78.2 Å². The molecule has 0 amide bonds. The Morgan fingerprint density at radius 1 is 1.07 bits per heavy atom. The first kappa shape index (κ1) is 18.9. The molecule has 0 spiro atoms. The largest absolute Gasteiger partial charge is 0.391 e. The maximum atomic E-state index is 13.8. The molecule has 29 heavy (non-hydrogen) atoms. The number of aromatic nitrogens is 1. The molecular formula is C25H21FN2O. The predicted molar refractivity (Wildman–Crippen MR) is 112 cm³/mol. The zero-order valence-electron chi connectivity index (χ0n) is 16.0. The number of rotatable bonds is 6. The van der Waals surface area contributed by atoms with Gasteiger partial charge in [-0.05, 0) is 48.2 Å². The van der Waals surface area contributed by atoms with Crippen LogP contribution in [0.1, 0.15) is 35.1 Å². The highest BCUT2D eigenvalue weighted by molar-refractivity contribution is 6.01. The molecule has 3 nitrogen and oxygen atoms in total. The lowest BCUT2D eigenvalue weighted by Gasteiger charge is -2.08. The molecular weight excluding hydrogens is 363 g/mol. The van der Waals surface area contributed by atoms with E-state index in [1.165, 1.54) is 18.9 Å². The highest BCUT2D eigenvalue weighted by Crippen LogP contribution is 2.27. The first-order valence-electron chi connectivity index (χ1n) is 9.71. The minimum Gasteiger partial charge on any atom is -0.391 e. The van der Waals surface area contributed by atoms with Gasteiger partial charge in [-0.1, -0.05) is 53.4 Å². The van der Waals surface area contributed by atoms with Gasteiger partial charge in [0.1, 0.15) is 12.4 Å². The summed E-state index contributed by atoms with van der Waals surface area (Å²) in [5.41, 5.74) is 4.20. The second kappa shape index (κ2) is 9.16. The second-order valence-electron chi connectivity index (χ2n) is 7.06. The summed E-state index contributed by atoms with van der Waals surface area (Å²) in [5.74, 6) is 6.77. The zero-order valence-corrected chi connectivity index (χ0v) is 16.0. The minimum absolute atomic E-state index is 0.0775. The lowest BCUT2D eigenvalue weighted by molar-refractivity contribution is 0.127. The Morgan fingerprint density at radius 3 is 2.62 bits per heavy atom. The van der Waals surface area contributed by atoms with Gasteiger partial charge in [0, 0.05) is 35.9 Å². The lowest BCUT2D eigenvalue weighted by Crippen LogP contribution is -2.07. The fraction of sp³-hybridized carbons (Fsp3) is 0.200. The number of hydrogen-bond acceptors (Lipinski definition) is 3. The molecule has 0 atom stereocenters. The van der Waals surface area contributed by atoms with Crippen LogP contribution in [0.25, 0.3) is 0 Å². The molecule has 4 rings (SSSR count). The van der Waals surface area contributed by atoms with Gasteiger partial charge in [0.25, 0.3) is 0 Å². The summed E-state index contributed by atoms with van der Waals surface area (Å²) in [7, 11) is 0. The van der Waals surface area contributed by atoms with Crippen molar-refractivity contribution in [1.29, 1.82) is 0 Å². The molecule has 4 heteroatoms. The predicted octanol–water partition coefficient (Wildman–Crippen LogP) is 5.15. The van der Waals surface area contributed by atoms with Gasteiger partial charge in [0.15, 0.2) is 0 Å². The first-order valence-corrected chi connectivity index (χ1v) is 9.71. The molecule has 2 aromatic carbocycles. The van der Waals surface area contributed by atoms with Crippen molar-refractivity contribution in [3.63, 3.8) is 0 Å². The summed E-state index contributed by atoms with van der Waals surface area (Å²) in [6, 6.07) is 18.4. The fourth-order valence-corrected chi connectivity index (χ4v) is 2.84. The molecule has 1 aromatic heterocycles. The van der Waals surface area contributed by atoms with Crippen LogP contribution in [0.5, 0.6) is 0 Å². The molecule has 3 aromatic rings. The van der Waals surface area contributed by atoms with Crippen molar-refractivity contribution in [1.82, 2.24) is 4.98 Å². The van der Waals surface area contributed by atoms with Gasteiger partial charge in [0.2, 0.25) is 0 Å². The summed E-state index contributed by atoms with van der Waals surface area (Å²) in [5, 5.41) is 4.33. The van der Waals surface area contributed by atoms with Gasteiger partial charge < -0.3 is 4.84 Å². The third-order valence-electron chi connectivity index (χ3n) is 4.66. The standard InChI is InChI=1S/C25H21FN2O/c26-24-6-2-1-5-23(24)18-29-28-25(16-21-4-3-15-27-17-21)22-13-11-20(12-14-22)10-9-19-7-8-19/h1-6,11-15,17,19H,7-8,16,18H2/b28-25+. The second-order valence-corrected chi connectivity index (χ2v) is 7.06. The molecule has 0 unspecified atom stereocenters. The Morgan fingerprint density at radius 2 is 1.90 bits per heavy atom. The molecule has 0 radical (unpaired) electrons. The average Bonchev–Trinajstić information content (AvgIpc) is 3.59. The quantitative estimate of drug-likeness (QED) is 0.335. The Kier molecular flexibility index (Phi) is 5.97. The maximum absolute atomic E-state index is 13.8. The topological polar surface area (TPSA) is 34.5 Å². The van der Waals surface area contributed by atoms with Crippen LogP contribution in [-0.2, 0) is 17.9 Å². The molecule has 1 aliphatic rings. The normalized spacial score (nSPS) is 13.5. The van der Waals surface area contributed by atoms with E-state index < -0.39 is 0 Å². The van der Waals surface area contributed by atoms with Crippen molar-refractivity contribution in [3.8, 4) is 11.8 Å². The van der Waals surface area contributed by atoms with Crippen molar-refractivity contribution in [2.75, 3.05) is 0 Å². The summed E-state index contributed by atoms with van der Waals surface area (Å²) >= 11 is 0. The Hall–Kier alpha value is -3.45. The van der Waals surface area contributed by atoms with Crippen molar-refractivity contribution in [3.05, 3.63) is 101 Å². The van der Waals surface area contributed by atoms with E-state index in [1.54, 1.807) is 24.4 Å². The highest BCUT2D eigenvalue weighted by Gasteiger charge is 2.17. The van der Waals surface area contributed by atoms with Gasteiger partial charge in [-0.15, -0.1) is 0 Å². The molecule has 0 bridgehead atoms. The number of pyridine rings is 1. The fourth-order valence-electron chi connectivity index (χ4n) is 2.84. The van der Waals surface area contributed by atoms with Crippen molar-refractivity contribution < 1.29 is 9.23 Å². The van der Waals surface area contributed by atoms with E-state index in [1.807, 2.05) is 42.6 Å². The number of nitrogens with zero attached hydrogens (tertiary/aromatic N) is 2. The summed E-state index contributed by atoms with van der Waals surface area (Å²) in [6.45, 7) is 0.0775. The third kappa shape index (κ3) is 5.52. The Balaban J connectivity index is 1.52. The van der Waals surface area contributed by atoms with Crippen LogP contribution in [0.4, 0.5) is 4.39 Å². The van der Waals surface area contributed by atoms with E-state index in [4.69, 9.17) is 4.84 Å². The van der Waals surface area contributed by atoms with Gasteiger partial charge in [-0.3, -0.25) is 4.98 Å². The molecule has 0 aliphatic heterocycles. The van der Waals surface area contributed by atoms with Gasteiger partial charge in [-0.25, -0.2) is 4.39 Å². The Labute approximate surface area is 170 Å². The summed E-state index contributed by atoms with van der Waals surface area (Å²) in [6.07, 6.45) is 6.54. The Bertz CT molecular complexity index is 1050. The molecule has 1 fully saturated rings. The van der Waals surface area contributed by atoms with Crippen LogP contribution in [0, 0.1) is 23.6 Å².